The number of nitrogen functional groups attached to an aromatic ring is 1. The van der Waals surface area contributed by atoms with E-state index in [1.54, 1.807) is 12.3 Å². The molecule has 0 radical (unpaired) electrons. The minimum atomic E-state index is -0.145. The maximum atomic E-state index is 11.8. The molecule has 1 atom stereocenters. The highest BCUT2D eigenvalue weighted by molar-refractivity contribution is 8.00. The van der Waals surface area contributed by atoms with Crippen molar-refractivity contribution in [2.75, 3.05) is 12.3 Å². The number of anilines is 1. The zero-order valence-electron chi connectivity index (χ0n) is 11.1. The number of hydrogen-bond donors (Lipinski definition) is 2. The molecular weight excluding hydrogens is 246 g/mol. The predicted molar refractivity (Wildman–Crippen MR) is 76.4 cm³/mol. The second kappa shape index (κ2) is 7.26. The van der Waals surface area contributed by atoms with Crippen molar-refractivity contribution in [3.05, 3.63) is 18.3 Å². The molecule has 0 aliphatic rings. The Morgan fingerprint density at radius 2 is 2.17 bits per heavy atom. The first-order valence-corrected chi connectivity index (χ1v) is 7.03. The fourth-order valence-electron chi connectivity index (χ4n) is 1.32. The van der Waals surface area contributed by atoms with Crippen molar-refractivity contribution in [1.82, 2.24) is 10.3 Å². The van der Waals surface area contributed by atoms with Crippen LogP contribution >= 0.6 is 11.8 Å². The number of amides is 1. The van der Waals surface area contributed by atoms with Crippen LogP contribution in [0.2, 0.25) is 0 Å². The summed E-state index contributed by atoms with van der Waals surface area (Å²) in [7, 11) is 0. The monoisotopic (exact) mass is 267 g/mol. The number of nitrogens with two attached hydrogens (primary N) is 1. The van der Waals surface area contributed by atoms with Gasteiger partial charge in [-0.25, -0.2) is 4.98 Å². The van der Waals surface area contributed by atoms with Crippen molar-refractivity contribution in [3.8, 4) is 0 Å². The molecule has 0 bridgehead atoms. The van der Waals surface area contributed by atoms with Gasteiger partial charge in [-0.1, -0.05) is 25.6 Å². The van der Waals surface area contributed by atoms with E-state index in [-0.39, 0.29) is 11.2 Å². The lowest BCUT2D eigenvalue weighted by atomic mass is 10.1. The predicted octanol–water partition coefficient (Wildman–Crippen LogP) is 2.31. The topological polar surface area (TPSA) is 68.0 Å². The molecule has 0 fully saturated rings. The van der Waals surface area contributed by atoms with Crippen molar-refractivity contribution >= 4 is 23.4 Å². The van der Waals surface area contributed by atoms with Gasteiger partial charge < -0.3 is 11.1 Å². The second-order valence-corrected chi connectivity index (χ2v) is 6.02. The quantitative estimate of drug-likeness (QED) is 0.776. The van der Waals surface area contributed by atoms with Crippen molar-refractivity contribution in [2.24, 2.45) is 5.92 Å². The van der Waals surface area contributed by atoms with Crippen LogP contribution < -0.4 is 11.1 Å². The summed E-state index contributed by atoms with van der Waals surface area (Å²) in [6.45, 7) is 6.90. The number of nitrogens with one attached hydrogen (secondary N) is 1. The third kappa shape index (κ3) is 5.40. The van der Waals surface area contributed by atoms with Gasteiger partial charge in [0.1, 0.15) is 0 Å². The molecule has 0 aromatic carbocycles. The fourth-order valence-corrected chi connectivity index (χ4v) is 2.14. The van der Waals surface area contributed by atoms with Gasteiger partial charge in [0.2, 0.25) is 5.91 Å². The Bertz CT molecular complexity index is 378. The van der Waals surface area contributed by atoms with E-state index in [1.165, 1.54) is 11.8 Å². The molecule has 100 valence electrons. The van der Waals surface area contributed by atoms with Gasteiger partial charge in [-0.3, -0.25) is 4.79 Å². The highest BCUT2D eigenvalue weighted by Gasteiger charge is 2.14. The smallest absolute Gasteiger partial charge is 0.233 e. The summed E-state index contributed by atoms with van der Waals surface area (Å²) in [5.74, 6) is 0.659. The van der Waals surface area contributed by atoms with Crippen LogP contribution in [0.1, 0.15) is 27.2 Å². The molecule has 0 saturated heterocycles. The Morgan fingerprint density at radius 3 is 2.72 bits per heavy atom. The molecule has 5 heteroatoms. The molecule has 0 spiro atoms. The molecule has 4 nitrogen and oxygen atoms in total. The SMILES string of the molecule is CC(C)CCNC(=O)C(C)Sc1ccc(N)cn1. The first-order valence-electron chi connectivity index (χ1n) is 6.15. The number of carbonyl (C=O) groups excluding carboxylic acids is 1. The molecule has 0 aliphatic heterocycles. The van der Waals surface area contributed by atoms with Gasteiger partial charge in [0.05, 0.1) is 22.2 Å². The average Bonchev–Trinajstić information content (AvgIpc) is 2.31. The molecule has 0 saturated carbocycles. The largest absolute Gasteiger partial charge is 0.397 e. The molecule has 1 aromatic rings. The van der Waals surface area contributed by atoms with Gasteiger partial charge >= 0.3 is 0 Å². The van der Waals surface area contributed by atoms with E-state index in [9.17, 15) is 4.79 Å². The summed E-state index contributed by atoms with van der Waals surface area (Å²) in [5.41, 5.74) is 6.19. The number of carbonyl (C=O) groups is 1. The zero-order chi connectivity index (χ0) is 13.5. The van der Waals surface area contributed by atoms with E-state index in [1.807, 2.05) is 13.0 Å². The van der Waals surface area contributed by atoms with E-state index in [0.29, 0.717) is 11.6 Å². The molecule has 1 unspecified atom stereocenters. The number of thioether (sulfide) groups is 1. The normalized spacial score (nSPS) is 12.4. The molecular formula is C13H21N3OS. The van der Waals surface area contributed by atoms with Crippen LogP contribution in [0.25, 0.3) is 0 Å². The van der Waals surface area contributed by atoms with Crippen molar-refractivity contribution in [1.29, 1.82) is 0 Å². The number of aromatic nitrogens is 1. The second-order valence-electron chi connectivity index (χ2n) is 4.66. The lowest BCUT2D eigenvalue weighted by molar-refractivity contribution is -0.120. The van der Waals surface area contributed by atoms with Gasteiger partial charge in [0.15, 0.2) is 0 Å². The van der Waals surface area contributed by atoms with E-state index in [4.69, 9.17) is 5.73 Å². The lowest BCUT2D eigenvalue weighted by Crippen LogP contribution is -2.32. The minimum Gasteiger partial charge on any atom is -0.397 e. The van der Waals surface area contributed by atoms with Crippen LogP contribution in [0.3, 0.4) is 0 Å². The fraction of sp³-hybridized carbons (Fsp3) is 0.538. The van der Waals surface area contributed by atoms with Crippen molar-refractivity contribution < 1.29 is 4.79 Å². The number of rotatable bonds is 6. The Hall–Kier alpha value is -1.23. The molecule has 1 aromatic heterocycles. The average molecular weight is 267 g/mol. The van der Waals surface area contributed by atoms with Crippen LogP contribution in [-0.4, -0.2) is 22.7 Å². The van der Waals surface area contributed by atoms with Gasteiger partial charge in [-0.2, -0.15) is 0 Å². The van der Waals surface area contributed by atoms with Crippen LogP contribution in [-0.2, 0) is 4.79 Å². The molecule has 18 heavy (non-hydrogen) atoms. The van der Waals surface area contributed by atoms with Crippen LogP contribution in [0.4, 0.5) is 5.69 Å². The standard InChI is InChI=1S/C13H21N3OS/c1-9(2)6-7-15-13(17)10(3)18-12-5-4-11(14)8-16-12/h4-5,8-10H,6-7,14H2,1-3H3,(H,15,17). The molecule has 3 N–H and O–H groups in total. The summed E-state index contributed by atoms with van der Waals surface area (Å²) in [6.07, 6.45) is 2.61. The molecule has 0 aliphatic carbocycles. The van der Waals surface area contributed by atoms with Crippen molar-refractivity contribution in [3.63, 3.8) is 0 Å². The highest BCUT2D eigenvalue weighted by Crippen LogP contribution is 2.21. The van der Waals surface area contributed by atoms with Gasteiger partial charge in [0, 0.05) is 6.54 Å². The van der Waals surface area contributed by atoms with Crippen LogP contribution in [0.15, 0.2) is 23.4 Å². The Labute approximate surface area is 113 Å². The van der Waals surface area contributed by atoms with E-state index in [2.05, 4.69) is 24.1 Å². The summed E-state index contributed by atoms with van der Waals surface area (Å²) in [5, 5.41) is 3.60. The maximum absolute atomic E-state index is 11.8. The maximum Gasteiger partial charge on any atom is 0.233 e. The Balaban J connectivity index is 2.37. The van der Waals surface area contributed by atoms with Gasteiger partial charge in [-0.05, 0) is 31.4 Å². The highest BCUT2D eigenvalue weighted by atomic mass is 32.2. The van der Waals surface area contributed by atoms with E-state index < -0.39 is 0 Å². The summed E-state index contributed by atoms with van der Waals surface area (Å²) in [4.78, 5) is 16.0. The minimum absolute atomic E-state index is 0.0549. The Morgan fingerprint density at radius 1 is 1.44 bits per heavy atom. The zero-order valence-corrected chi connectivity index (χ0v) is 12.0. The van der Waals surface area contributed by atoms with Crippen LogP contribution in [0, 0.1) is 5.92 Å². The van der Waals surface area contributed by atoms with E-state index >= 15 is 0 Å². The molecule has 1 amide bonds. The van der Waals surface area contributed by atoms with E-state index in [0.717, 1.165) is 18.0 Å². The van der Waals surface area contributed by atoms with Gasteiger partial charge in [-0.15, -0.1) is 0 Å². The first kappa shape index (κ1) is 14.8. The van der Waals surface area contributed by atoms with Crippen LogP contribution in [0.5, 0.6) is 0 Å². The number of hydrogen-bond acceptors (Lipinski definition) is 4. The molecule has 1 heterocycles. The van der Waals surface area contributed by atoms with Gasteiger partial charge in [0.25, 0.3) is 0 Å². The van der Waals surface area contributed by atoms with Crippen molar-refractivity contribution in [2.45, 2.75) is 37.5 Å². The summed E-state index contributed by atoms with van der Waals surface area (Å²) >= 11 is 1.44. The Kier molecular flexibility index (Phi) is 5.98. The first-order chi connectivity index (χ1) is 8.49. The molecule has 1 rings (SSSR count). The summed E-state index contributed by atoms with van der Waals surface area (Å²) in [6, 6.07) is 3.62. The number of nitrogens with zero attached hydrogens (tertiary/aromatic N) is 1. The third-order valence-electron chi connectivity index (χ3n) is 2.45. The number of pyridine rings is 1. The summed E-state index contributed by atoms with van der Waals surface area (Å²) < 4.78 is 0. The third-order valence-corrected chi connectivity index (χ3v) is 3.50. The lowest BCUT2D eigenvalue weighted by Gasteiger charge is -2.12.